The van der Waals surface area contributed by atoms with Crippen molar-refractivity contribution in [3.8, 4) is 0 Å². The van der Waals surface area contributed by atoms with Gasteiger partial charge >= 0.3 is 11.9 Å². The number of aliphatic hydroxyl groups excluding tert-OH is 1. The highest BCUT2D eigenvalue weighted by Crippen LogP contribution is 2.06. The van der Waals surface area contributed by atoms with Crippen LogP contribution in [0.5, 0.6) is 0 Å². The molecule has 5 atom stereocenters. The standard InChI is InChI=1S/C19H35N5O8S/c1-10(25)15(19(31)32)24-17(29)12(5-3-4-7-20)22-18(30)13(9-14(26)27)23-16(28)11(21)6-8-33-2/h10-13,15,25H,3-9,20-21H2,1-2H3,(H,22,30)(H,23,28)(H,24,29)(H,26,27)(H,31,32). The maximum absolute atomic E-state index is 12.7. The monoisotopic (exact) mass is 493 g/mol. The van der Waals surface area contributed by atoms with Crippen molar-refractivity contribution in [2.75, 3.05) is 18.6 Å². The molecule has 190 valence electrons. The minimum Gasteiger partial charge on any atom is -0.481 e. The molecule has 0 aliphatic carbocycles. The minimum absolute atomic E-state index is 0.0713. The van der Waals surface area contributed by atoms with Crippen LogP contribution >= 0.6 is 11.8 Å². The number of rotatable bonds is 17. The lowest BCUT2D eigenvalue weighted by atomic mass is 10.1. The number of aliphatic carboxylic acids is 2. The van der Waals surface area contributed by atoms with E-state index in [1.807, 2.05) is 6.26 Å². The van der Waals surface area contributed by atoms with Crippen LogP contribution in [0, 0.1) is 0 Å². The van der Waals surface area contributed by atoms with E-state index in [1.54, 1.807) is 0 Å². The van der Waals surface area contributed by atoms with Gasteiger partial charge in [0, 0.05) is 0 Å². The van der Waals surface area contributed by atoms with E-state index in [9.17, 15) is 29.1 Å². The third-order valence-corrected chi connectivity index (χ3v) is 5.25. The zero-order valence-corrected chi connectivity index (χ0v) is 19.6. The van der Waals surface area contributed by atoms with E-state index in [0.717, 1.165) is 0 Å². The number of amides is 3. The predicted octanol–water partition coefficient (Wildman–Crippen LogP) is -2.41. The number of hydrogen-bond acceptors (Lipinski definition) is 9. The van der Waals surface area contributed by atoms with Gasteiger partial charge in [-0.2, -0.15) is 11.8 Å². The molecule has 14 heteroatoms. The van der Waals surface area contributed by atoms with E-state index in [0.29, 0.717) is 31.6 Å². The number of nitrogens with one attached hydrogen (secondary N) is 3. The number of hydrogen-bond donors (Lipinski definition) is 8. The molecule has 0 saturated carbocycles. The molecule has 0 radical (unpaired) electrons. The molecule has 3 amide bonds. The highest BCUT2D eigenvalue weighted by molar-refractivity contribution is 7.98. The highest BCUT2D eigenvalue weighted by Gasteiger charge is 2.32. The number of carboxylic acid groups (broad SMARTS) is 2. The van der Waals surface area contributed by atoms with Gasteiger partial charge in [0.25, 0.3) is 0 Å². The lowest BCUT2D eigenvalue weighted by molar-refractivity contribution is -0.145. The molecule has 0 rings (SSSR count). The van der Waals surface area contributed by atoms with Gasteiger partial charge in [0.05, 0.1) is 18.6 Å². The van der Waals surface area contributed by atoms with Gasteiger partial charge in [-0.05, 0) is 51.2 Å². The normalized spacial score (nSPS) is 15.4. The number of aliphatic hydroxyl groups is 1. The minimum atomic E-state index is -1.62. The molecule has 0 aliphatic rings. The van der Waals surface area contributed by atoms with E-state index < -0.39 is 66.4 Å². The van der Waals surface area contributed by atoms with Gasteiger partial charge in [-0.25, -0.2) is 4.79 Å². The SMILES string of the molecule is CSCCC(N)C(=O)NC(CC(=O)O)C(=O)NC(CCCCN)C(=O)NC(C(=O)O)C(C)O. The van der Waals surface area contributed by atoms with Gasteiger partial charge in [0.15, 0.2) is 6.04 Å². The Morgan fingerprint density at radius 3 is 1.97 bits per heavy atom. The molecular formula is C19H35N5O8S. The Kier molecular flexibility index (Phi) is 15.0. The fourth-order valence-corrected chi connectivity index (χ4v) is 3.20. The summed E-state index contributed by atoms with van der Waals surface area (Å²) in [6.45, 7) is 1.50. The number of carboxylic acids is 2. The summed E-state index contributed by atoms with van der Waals surface area (Å²) in [5.74, 6) is -4.79. The van der Waals surface area contributed by atoms with Crippen molar-refractivity contribution in [3.05, 3.63) is 0 Å². The summed E-state index contributed by atoms with van der Waals surface area (Å²) in [5, 5.41) is 34.7. The second kappa shape index (κ2) is 16.2. The van der Waals surface area contributed by atoms with Crippen molar-refractivity contribution in [2.24, 2.45) is 11.5 Å². The van der Waals surface area contributed by atoms with Crippen molar-refractivity contribution in [3.63, 3.8) is 0 Å². The Morgan fingerprint density at radius 1 is 0.909 bits per heavy atom. The fourth-order valence-electron chi connectivity index (χ4n) is 2.72. The Bertz CT molecular complexity index is 679. The summed E-state index contributed by atoms with van der Waals surface area (Å²) in [6, 6.07) is -5.32. The molecule has 13 nitrogen and oxygen atoms in total. The van der Waals surface area contributed by atoms with Crippen molar-refractivity contribution in [1.29, 1.82) is 0 Å². The molecule has 0 saturated heterocycles. The summed E-state index contributed by atoms with van der Waals surface area (Å²) >= 11 is 1.47. The van der Waals surface area contributed by atoms with Crippen LogP contribution < -0.4 is 27.4 Å². The first-order valence-electron chi connectivity index (χ1n) is 10.4. The van der Waals surface area contributed by atoms with E-state index in [4.69, 9.17) is 21.7 Å². The van der Waals surface area contributed by atoms with Gasteiger partial charge in [-0.1, -0.05) is 0 Å². The Labute approximate surface area is 196 Å². The number of unbranched alkanes of at least 4 members (excludes halogenated alkanes) is 1. The maximum Gasteiger partial charge on any atom is 0.328 e. The zero-order chi connectivity index (χ0) is 25.6. The van der Waals surface area contributed by atoms with Gasteiger partial charge in [0.1, 0.15) is 12.1 Å². The van der Waals surface area contributed by atoms with Crippen molar-refractivity contribution >= 4 is 41.4 Å². The van der Waals surface area contributed by atoms with E-state index >= 15 is 0 Å². The van der Waals surface area contributed by atoms with Gasteiger partial charge in [-0.15, -0.1) is 0 Å². The first kappa shape index (κ1) is 30.6. The zero-order valence-electron chi connectivity index (χ0n) is 18.8. The maximum atomic E-state index is 12.7. The van der Waals surface area contributed by atoms with Crippen LogP contribution in [-0.2, 0) is 24.0 Å². The van der Waals surface area contributed by atoms with Crippen LogP contribution in [0.1, 0.15) is 39.0 Å². The molecule has 5 unspecified atom stereocenters. The Morgan fingerprint density at radius 2 is 1.48 bits per heavy atom. The summed E-state index contributed by atoms with van der Waals surface area (Å²) in [7, 11) is 0. The molecule has 33 heavy (non-hydrogen) atoms. The van der Waals surface area contributed by atoms with Crippen LogP contribution in [0.3, 0.4) is 0 Å². The third-order valence-electron chi connectivity index (χ3n) is 4.61. The summed E-state index contributed by atoms with van der Waals surface area (Å²) in [5.41, 5.74) is 11.2. The third kappa shape index (κ3) is 12.4. The number of thioether (sulfide) groups is 1. The van der Waals surface area contributed by atoms with Gasteiger partial charge in [-0.3, -0.25) is 19.2 Å². The lowest BCUT2D eigenvalue weighted by Crippen LogP contribution is -2.58. The molecule has 0 spiro atoms. The second-order valence-corrected chi connectivity index (χ2v) is 8.44. The average molecular weight is 494 g/mol. The number of carbonyl (C=O) groups excluding carboxylic acids is 3. The molecule has 0 heterocycles. The van der Waals surface area contributed by atoms with Crippen LogP contribution in [0.4, 0.5) is 0 Å². The first-order valence-corrected chi connectivity index (χ1v) is 11.8. The van der Waals surface area contributed by atoms with Crippen molar-refractivity contribution in [2.45, 2.75) is 69.3 Å². The molecular weight excluding hydrogens is 458 g/mol. The molecule has 0 bridgehead atoms. The summed E-state index contributed by atoms with van der Waals surface area (Å²) < 4.78 is 0. The van der Waals surface area contributed by atoms with Crippen LogP contribution in [-0.4, -0.2) is 93.8 Å². The first-order chi connectivity index (χ1) is 15.4. The summed E-state index contributed by atoms with van der Waals surface area (Å²) in [4.78, 5) is 60.1. The van der Waals surface area contributed by atoms with E-state index in [-0.39, 0.29) is 6.42 Å². The second-order valence-electron chi connectivity index (χ2n) is 7.46. The van der Waals surface area contributed by atoms with Gasteiger partial charge in [0.2, 0.25) is 17.7 Å². The van der Waals surface area contributed by atoms with Crippen molar-refractivity contribution in [1.82, 2.24) is 16.0 Å². The highest BCUT2D eigenvalue weighted by atomic mass is 32.2. The number of carbonyl (C=O) groups is 5. The largest absolute Gasteiger partial charge is 0.481 e. The summed E-state index contributed by atoms with van der Waals surface area (Å²) in [6.07, 6.45) is 0.961. The lowest BCUT2D eigenvalue weighted by Gasteiger charge is -2.25. The average Bonchev–Trinajstić information content (AvgIpc) is 2.73. The van der Waals surface area contributed by atoms with Crippen molar-refractivity contribution < 1.29 is 39.3 Å². The molecule has 0 aromatic carbocycles. The van der Waals surface area contributed by atoms with Crippen LogP contribution in [0.15, 0.2) is 0 Å². The number of nitrogens with two attached hydrogens (primary N) is 2. The Balaban J connectivity index is 5.47. The fraction of sp³-hybridized carbons (Fsp3) is 0.737. The Hall–Kier alpha value is -2.42. The van der Waals surface area contributed by atoms with Gasteiger partial charge < -0.3 is 42.7 Å². The molecule has 10 N–H and O–H groups in total. The van der Waals surface area contributed by atoms with Crippen LogP contribution in [0.25, 0.3) is 0 Å². The van der Waals surface area contributed by atoms with Crippen LogP contribution in [0.2, 0.25) is 0 Å². The molecule has 0 aliphatic heterocycles. The topological polar surface area (TPSA) is 234 Å². The molecule has 0 aromatic heterocycles. The van der Waals surface area contributed by atoms with E-state index in [1.165, 1.54) is 18.7 Å². The smallest absolute Gasteiger partial charge is 0.328 e. The predicted molar refractivity (Wildman–Crippen MR) is 121 cm³/mol. The molecule has 0 aromatic rings. The molecule has 0 fully saturated rings. The quantitative estimate of drug-likeness (QED) is 0.0993. The van der Waals surface area contributed by atoms with E-state index in [2.05, 4.69) is 16.0 Å².